The summed E-state index contributed by atoms with van der Waals surface area (Å²) in [6, 6.07) is 10.5. The van der Waals surface area contributed by atoms with Crippen LogP contribution < -0.4 is 0 Å². The van der Waals surface area contributed by atoms with E-state index in [4.69, 9.17) is 0 Å². The highest BCUT2D eigenvalue weighted by Crippen LogP contribution is 2.32. The lowest BCUT2D eigenvalue weighted by atomic mass is 10.2. The molecule has 0 saturated carbocycles. The highest BCUT2D eigenvalue weighted by molar-refractivity contribution is 9.10. The van der Waals surface area contributed by atoms with Gasteiger partial charge >= 0.3 is 0 Å². The van der Waals surface area contributed by atoms with Crippen molar-refractivity contribution in [2.75, 3.05) is 0 Å². The Morgan fingerprint density at radius 3 is 2.87 bits per heavy atom. The lowest BCUT2D eigenvalue weighted by molar-refractivity contribution is 1.23. The number of nitrogens with zero attached hydrogens (tertiary/aromatic N) is 1. The van der Waals surface area contributed by atoms with Crippen LogP contribution in [0, 0.1) is 6.92 Å². The standard InChI is InChI=1S/C12H10BrNS/c1-9-3-2-4-10(7-9)15-12-5-6-14-8-11(12)13/h2-8H,1H3. The van der Waals surface area contributed by atoms with Crippen molar-refractivity contribution in [2.24, 2.45) is 0 Å². The van der Waals surface area contributed by atoms with Gasteiger partial charge < -0.3 is 0 Å². The van der Waals surface area contributed by atoms with Gasteiger partial charge in [0.15, 0.2) is 0 Å². The quantitative estimate of drug-likeness (QED) is 0.813. The van der Waals surface area contributed by atoms with E-state index in [1.165, 1.54) is 15.4 Å². The smallest absolute Gasteiger partial charge is 0.0498 e. The van der Waals surface area contributed by atoms with Crippen LogP contribution in [0.1, 0.15) is 5.56 Å². The third kappa shape index (κ3) is 2.83. The summed E-state index contributed by atoms with van der Waals surface area (Å²) >= 11 is 5.23. The number of aryl methyl sites for hydroxylation is 1. The van der Waals surface area contributed by atoms with Crippen molar-refractivity contribution in [2.45, 2.75) is 16.7 Å². The van der Waals surface area contributed by atoms with Crippen molar-refractivity contribution in [1.82, 2.24) is 4.98 Å². The molecule has 2 rings (SSSR count). The van der Waals surface area contributed by atoms with E-state index in [1.54, 1.807) is 11.8 Å². The van der Waals surface area contributed by atoms with Gasteiger partial charge in [-0.15, -0.1) is 0 Å². The minimum absolute atomic E-state index is 1.04. The van der Waals surface area contributed by atoms with Gasteiger partial charge in [0.2, 0.25) is 0 Å². The molecule has 0 N–H and O–H groups in total. The molecule has 15 heavy (non-hydrogen) atoms. The van der Waals surface area contributed by atoms with E-state index >= 15 is 0 Å². The second-order valence-electron chi connectivity index (χ2n) is 3.22. The SMILES string of the molecule is Cc1cccc(Sc2ccncc2Br)c1. The maximum Gasteiger partial charge on any atom is 0.0498 e. The van der Waals surface area contributed by atoms with Crippen molar-refractivity contribution >= 4 is 27.7 Å². The van der Waals surface area contributed by atoms with Gasteiger partial charge in [-0.25, -0.2) is 0 Å². The Labute approximate surface area is 102 Å². The zero-order valence-corrected chi connectivity index (χ0v) is 10.7. The molecule has 0 atom stereocenters. The van der Waals surface area contributed by atoms with Gasteiger partial charge in [-0.05, 0) is 41.1 Å². The van der Waals surface area contributed by atoms with E-state index in [0.29, 0.717) is 0 Å². The Bertz CT molecular complexity index is 471. The second kappa shape index (κ2) is 4.81. The van der Waals surface area contributed by atoms with Gasteiger partial charge in [0, 0.05) is 26.7 Å². The highest BCUT2D eigenvalue weighted by Gasteiger charge is 2.01. The van der Waals surface area contributed by atoms with Crippen LogP contribution in [0.5, 0.6) is 0 Å². The molecule has 1 aromatic carbocycles. The normalized spacial score (nSPS) is 10.3. The van der Waals surface area contributed by atoms with Crippen molar-refractivity contribution in [3.63, 3.8) is 0 Å². The summed E-state index contributed by atoms with van der Waals surface area (Å²) in [5, 5.41) is 0. The molecule has 0 saturated heterocycles. The van der Waals surface area contributed by atoms with Gasteiger partial charge in [0.25, 0.3) is 0 Å². The van der Waals surface area contributed by atoms with E-state index in [9.17, 15) is 0 Å². The van der Waals surface area contributed by atoms with Crippen LogP contribution in [0.25, 0.3) is 0 Å². The molecule has 1 aromatic heterocycles. The molecule has 0 aliphatic carbocycles. The van der Waals surface area contributed by atoms with Crippen LogP contribution >= 0.6 is 27.7 Å². The van der Waals surface area contributed by atoms with Crippen molar-refractivity contribution in [3.05, 3.63) is 52.8 Å². The molecular formula is C12H10BrNS. The molecule has 76 valence electrons. The van der Waals surface area contributed by atoms with Gasteiger partial charge in [-0.3, -0.25) is 4.98 Å². The Morgan fingerprint density at radius 2 is 2.13 bits per heavy atom. The first kappa shape index (κ1) is 10.7. The van der Waals surface area contributed by atoms with Gasteiger partial charge in [-0.2, -0.15) is 0 Å². The average Bonchev–Trinajstić information content (AvgIpc) is 2.22. The van der Waals surface area contributed by atoms with Gasteiger partial charge in [0.05, 0.1) is 0 Å². The molecule has 0 aliphatic heterocycles. The fraction of sp³-hybridized carbons (Fsp3) is 0.0833. The zero-order chi connectivity index (χ0) is 10.7. The third-order valence-electron chi connectivity index (χ3n) is 1.95. The van der Waals surface area contributed by atoms with Crippen molar-refractivity contribution < 1.29 is 0 Å². The highest BCUT2D eigenvalue weighted by atomic mass is 79.9. The first-order chi connectivity index (χ1) is 7.25. The first-order valence-corrected chi connectivity index (χ1v) is 6.21. The molecule has 0 radical (unpaired) electrons. The van der Waals surface area contributed by atoms with Gasteiger partial charge in [0.1, 0.15) is 0 Å². The average molecular weight is 280 g/mol. The van der Waals surface area contributed by atoms with Crippen molar-refractivity contribution in [1.29, 1.82) is 0 Å². The molecule has 3 heteroatoms. The molecule has 2 aromatic rings. The molecule has 0 aliphatic rings. The Balaban J connectivity index is 2.26. The fourth-order valence-electron chi connectivity index (χ4n) is 1.25. The Hall–Kier alpha value is -0.800. The van der Waals surface area contributed by atoms with E-state index < -0.39 is 0 Å². The van der Waals surface area contributed by atoms with E-state index in [0.717, 1.165) is 4.47 Å². The summed E-state index contributed by atoms with van der Waals surface area (Å²) in [5.74, 6) is 0. The van der Waals surface area contributed by atoms with E-state index in [1.807, 2.05) is 18.5 Å². The maximum absolute atomic E-state index is 4.04. The molecule has 0 fully saturated rings. The predicted molar refractivity (Wildman–Crippen MR) is 67.2 cm³/mol. The third-order valence-corrected chi connectivity index (χ3v) is 3.91. The number of aromatic nitrogens is 1. The van der Waals surface area contributed by atoms with Crippen LogP contribution in [0.2, 0.25) is 0 Å². The number of hydrogen-bond donors (Lipinski definition) is 0. The van der Waals surface area contributed by atoms with Crippen LogP contribution in [0.15, 0.2) is 57.0 Å². The lowest BCUT2D eigenvalue weighted by Gasteiger charge is -2.03. The summed E-state index contributed by atoms with van der Waals surface area (Å²) < 4.78 is 1.04. The summed E-state index contributed by atoms with van der Waals surface area (Å²) in [6.45, 7) is 2.10. The zero-order valence-electron chi connectivity index (χ0n) is 8.27. The maximum atomic E-state index is 4.04. The number of pyridine rings is 1. The minimum atomic E-state index is 1.04. The van der Waals surface area contributed by atoms with Crippen LogP contribution in [0.3, 0.4) is 0 Å². The number of benzene rings is 1. The number of rotatable bonds is 2. The van der Waals surface area contributed by atoms with Crippen molar-refractivity contribution in [3.8, 4) is 0 Å². The lowest BCUT2D eigenvalue weighted by Crippen LogP contribution is -1.78. The molecule has 0 bridgehead atoms. The molecule has 0 spiro atoms. The molecule has 0 unspecified atom stereocenters. The predicted octanol–water partition coefficient (Wildman–Crippen LogP) is 4.30. The second-order valence-corrected chi connectivity index (χ2v) is 5.19. The monoisotopic (exact) mass is 279 g/mol. The van der Waals surface area contributed by atoms with E-state index in [-0.39, 0.29) is 0 Å². The number of hydrogen-bond acceptors (Lipinski definition) is 2. The van der Waals surface area contributed by atoms with Crippen LogP contribution in [0.4, 0.5) is 0 Å². The molecule has 1 nitrogen and oxygen atoms in total. The van der Waals surface area contributed by atoms with Crippen LogP contribution in [-0.4, -0.2) is 4.98 Å². The van der Waals surface area contributed by atoms with Crippen LogP contribution in [-0.2, 0) is 0 Å². The van der Waals surface area contributed by atoms with Gasteiger partial charge in [-0.1, -0.05) is 29.5 Å². The van der Waals surface area contributed by atoms with E-state index in [2.05, 4.69) is 52.1 Å². The summed E-state index contributed by atoms with van der Waals surface area (Å²) in [6.07, 6.45) is 3.63. The summed E-state index contributed by atoms with van der Waals surface area (Å²) in [4.78, 5) is 6.49. The Kier molecular flexibility index (Phi) is 3.44. The largest absolute Gasteiger partial charge is 0.263 e. The molecular weight excluding hydrogens is 270 g/mol. The fourth-order valence-corrected chi connectivity index (χ4v) is 2.67. The molecule has 1 heterocycles. The first-order valence-electron chi connectivity index (χ1n) is 4.60. The summed E-state index contributed by atoms with van der Waals surface area (Å²) in [7, 11) is 0. The topological polar surface area (TPSA) is 12.9 Å². The minimum Gasteiger partial charge on any atom is -0.263 e. The Morgan fingerprint density at radius 1 is 1.27 bits per heavy atom. The molecule has 0 amide bonds. The number of halogens is 1. The summed E-state index contributed by atoms with van der Waals surface area (Å²) in [5.41, 5.74) is 1.28.